The van der Waals surface area contributed by atoms with Crippen molar-refractivity contribution in [2.45, 2.75) is 43.9 Å². The van der Waals surface area contributed by atoms with Crippen LogP contribution in [0.25, 0.3) is 0 Å². The molecule has 0 spiro atoms. The molecule has 1 aliphatic rings. The van der Waals surface area contributed by atoms with Crippen molar-refractivity contribution in [1.82, 2.24) is 0 Å². The zero-order valence-electron chi connectivity index (χ0n) is 6.07. The minimum Gasteiger partial charge on any atom is -0.0888 e. The van der Waals surface area contributed by atoms with Gasteiger partial charge in [-0.2, -0.15) is 0 Å². The Labute approximate surface area is 66.2 Å². The fourth-order valence-corrected chi connectivity index (χ4v) is 2.58. The Bertz CT molecular complexity index is 80.6. The molecule has 1 heteroatoms. The van der Waals surface area contributed by atoms with Crippen molar-refractivity contribution in [2.75, 3.05) is 0 Å². The van der Waals surface area contributed by atoms with Gasteiger partial charge >= 0.3 is 0 Å². The van der Waals surface area contributed by atoms with Crippen LogP contribution >= 0.6 is 15.9 Å². The first-order chi connectivity index (χ1) is 4.34. The molecule has 0 heterocycles. The van der Waals surface area contributed by atoms with Crippen LogP contribution in [-0.2, 0) is 0 Å². The van der Waals surface area contributed by atoms with Gasteiger partial charge < -0.3 is 0 Å². The van der Waals surface area contributed by atoms with Crippen LogP contribution in [0.4, 0.5) is 0 Å². The van der Waals surface area contributed by atoms with Gasteiger partial charge in [-0.15, -0.1) is 0 Å². The molecule has 1 fully saturated rings. The molecule has 9 heavy (non-hydrogen) atoms. The Morgan fingerprint density at radius 1 is 1.33 bits per heavy atom. The number of halogens is 1. The summed E-state index contributed by atoms with van der Waals surface area (Å²) < 4.78 is 0. The Morgan fingerprint density at radius 3 is 2.44 bits per heavy atom. The summed E-state index contributed by atoms with van der Waals surface area (Å²) in [7, 11) is 0. The molecule has 1 rings (SSSR count). The molecule has 0 aliphatic heterocycles. The van der Waals surface area contributed by atoms with Crippen molar-refractivity contribution in [3.8, 4) is 0 Å². The Morgan fingerprint density at radius 2 is 2.00 bits per heavy atom. The normalized spacial score (nSPS) is 36.7. The predicted molar refractivity (Wildman–Crippen MR) is 45.0 cm³/mol. The van der Waals surface area contributed by atoms with Crippen LogP contribution in [-0.4, -0.2) is 4.83 Å². The second-order valence-corrected chi connectivity index (χ2v) is 4.14. The molecule has 0 saturated heterocycles. The number of hydrogen-bond acceptors (Lipinski definition) is 0. The van der Waals surface area contributed by atoms with E-state index in [0.717, 1.165) is 10.7 Å². The molecule has 0 aromatic rings. The summed E-state index contributed by atoms with van der Waals surface area (Å²) in [5, 5.41) is 0. The lowest BCUT2D eigenvalue weighted by Gasteiger charge is -2.25. The van der Waals surface area contributed by atoms with E-state index in [1.54, 1.807) is 0 Å². The van der Waals surface area contributed by atoms with E-state index >= 15 is 0 Å². The highest BCUT2D eigenvalue weighted by molar-refractivity contribution is 9.09. The van der Waals surface area contributed by atoms with Gasteiger partial charge in [-0.1, -0.05) is 42.1 Å². The van der Waals surface area contributed by atoms with E-state index in [1.807, 2.05) is 0 Å². The summed E-state index contributed by atoms with van der Waals surface area (Å²) in [6.07, 6.45) is 7.11. The van der Waals surface area contributed by atoms with Gasteiger partial charge in [0.05, 0.1) is 0 Å². The quantitative estimate of drug-likeness (QED) is 0.557. The van der Waals surface area contributed by atoms with Crippen LogP contribution in [0.15, 0.2) is 0 Å². The lowest BCUT2D eigenvalue weighted by molar-refractivity contribution is 0.366. The van der Waals surface area contributed by atoms with E-state index < -0.39 is 0 Å². The van der Waals surface area contributed by atoms with Gasteiger partial charge in [0.15, 0.2) is 0 Å². The highest BCUT2D eigenvalue weighted by atomic mass is 79.9. The summed E-state index contributed by atoms with van der Waals surface area (Å²) in [4.78, 5) is 0.830. The molecule has 54 valence electrons. The first-order valence-electron chi connectivity index (χ1n) is 3.98. The Hall–Kier alpha value is 0.480. The van der Waals surface area contributed by atoms with Crippen LogP contribution < -0.4 is 0 Å². The topological polar surface area (TPSA) is 0 Å². The highest BCUT2D eigenvalue weighted by Gasteiger charge is 2.20. The smallest absolute Gasteiger partial charge is 0.0174 e. The van der Waals surface area contributed by atoms with E-state index in [4.69, 9.17) is 0 Å². The van der Waals surface area contributed by atoms with Gasteiger partial charge in [-0.3, -0.25) is 0 Å². The van der Waals surface area contributed by atoms with Crippen molar-refractivity contribution >= 4 is 15.9 Å². The average molecular weight is 191 g/mol. The van der Waals surface area contributed by atoms with Crippen LogP contribution in [0.2, 0.25) is 0 Å². The summed E-state index contributed by atoms with van der Waals surface area (Å²) >= 11 is 3.71. The molecule has 0 aromatic heterocycles. The van der Waals surface area contributed by atoms with E-state index in [2.05, 4.69) is 22.9 Å². The van der Waals surface area contributed by atoms with Gasteiger partial charge in [0.25, 0.3) is 0 Å². The molecule has 0 unspecified atom stereocenters. The van der Waals surface area contributed by atoms with Gasteiger partial charge in [-0.05, 0) is 18.8 Å². The van der Waals surface area contributed by atoms with Gasteiger partial charge in [0.2, 0.25) is 0 Å². The van der Waals surface area contributed by atoms with E-state index in [1.165, 1.54) is 32.1 Å². The maximum atomic E-state index is 3.71. The monoisotopic (exact) mass is 190 g/mol. The van der Waals surface area contributed by atoms with Gasteiger partial charge in [-0.25, -0.2) is 0 Å². The van der Waals surface area contributed by atoms with E-state index in [-0.39, 0.29) is 0 Å². The van der Waals surface area contributed by atoms with Gasteiger partial charge in [0.1, 0.15) is 0 Å². The largest absolute Gasteiger partial charge is 0.0888 e. The third-order valence-corrected chi connectivity index (χ3v) is 3.55. The van der Waals surface area contributed by atoms with Crippen molar-refractivity contribution in [2.24, 2.45) is 5.92 Å². The summed E-state index contributed by atoms with van der Waals surface area (Å²) in [5.41, 5.74) is 0. The zero-order valence-corrected chi connectivity index (χ0v) is 7.65. The highest BCUT2D eigenvalue weighted by Crippen LogP contribution is 2.31. The second kappa shape index (κ2) is 3.60. The molecule has 0 radical (unpaired) electrons. The number of hydrogen-bond donors (Lipinski definition) is 0. The van der Waals surface area contributed by atoms with Crippen molar-refractivity contribution in [3.05, 3.63) is 0 Å². The van der Waals surface area contributed by atoms with Crippen molar-refractivity contribution in [1.29, 1.82) is 0 Å². The summed E-state index contributed by atoms with van der Waals surface area (Å²) in [6, 6.07) is 0. The third-order valence-electron chi connectivity index (χ3n) is 2.34. The summed E-state index contributed by atoms with van der Waals surface area (Å²) in [6.45, 7) is 2.30. The van der Waals surface area contributed by atoms with E-state index in [9.17, 15) is 0 Å². The fourth-order valence-electron chi connectivity index (χ4n) is 1.62. The zero-order chi connectivity index (χ0) is 6.69. The maximum Gasteiger partial charge on any atom is 0.0174 e. The van der Waals surface area contributed by atoms with Gasteiger partial charge in [0, 0.05) is 4.83 Å². The van der Waals surface area contributed by atoms with E-state index in [0.29, 0.717) is 0 Å². The molecule has 0 amide bonds. The summed E-state index contributed by atoms with van der Waals surface area (Å²) in [5.74, 6) is 0.971. The molecule has 0 aromatic carbocycles. The number of alkyl halides is 1. The Kier molecular flexibility index (Phi) is 3.03. The second-order valence-electron chi connectivity index (χ2n) is 2.97. The van der Waals surface area contributed by atoms with Crippen molar-refractivity contribution < 1.29 is 0 Å². The molecule has 0 N–H and O–H groups in total. The SMILES string of the molecule is CC[C@@H]1CCCC[C@@H]1Br. The average Bonchev–Trinajstić information content (AvgIpc) is 1.89. The van der Waals surface area contributed by atoms with Crippen LogP contribution in [0, 0.1) is 5.92 Å². The molecule has 1 aliphatic carbocycles. The van der Waals surface area contributed by atoms with Crippen LogP contribution in [0.3, 0.4) is 0 Å². The maximum absolute atomic E-state index is 3.71. The molecule has 0 bridgehead atoms. The fraction of sp³-hybridized carbons (Fsp3) is 1.00. The minimum absolute atomic E-state index is 0.830. The molecule has 1 saturated carbocycles. The minimum atomic E-state index is 0.830. The third kappa shape index (κ3) is 1.96. The first kappa shape index (κ1) is 7.59. The Balaban J connectivity index is 2.30. The van der Waals surface area contributed by atoms with Crippen LogP contribution in [0.1, 0.15) is 39.0 Å². The molecule has 0 nitrogen and oxygen atoms in total. The first-order valence-corrected chi connectivity index (χ1v) is 4.90. The lowest BCUT2D eigenvalue weighted by Crippen LogP contribution is -2.17. The number of rotatable bonds is 1. The molecular weight excluding hydrogens is 176 g/mol. The van der Waals surface area contributed by atoms with Crippen LogP contribution in [0.5, 0.6) is 0 Å². The predicted octanol–water partition coefficient (Wildman–Crippen LogP) is 3.35. The van der Waals surface area contributed by atoms with Crippen molar-refractivity contribution in [3.63, 3.8) is 0 Å². The molecular formula is C8H15Br. The molecule has 2 atom stereocenters. The lowest BCUT2D eigenvalue weighted by atomic mass is 9.87. The standard InChI is InChI=1S/C8H15Br/c1-2-7-5-3-4-6-8(7)9/h7-8H,2-6H2,1H3/t7-,8+/m1/s1.